The lowest BCUT2D eigenvalue weighted by atomic mass is 10.1. The molecule has 0 saturated carbocycles. The van der Waals surface area contributed by atoms with Gasteiger partial charge < -0.3 is 9.66 Å². The Bertz CT molecular complexity index is 537. The maximum Gasteiger partial charge on any atom is 0.157 e. The van der Waals surface area contributed by atoms with E-state index in [2.05, 4.69) is 4.98 Å². The molecule has 5 heteroatoms. The number of hydrogen-bond acceptors (Lipinski definition) is 3. The summed E-state index contributed by atoms with van der Waals surface area (Å²) in [5.41, 5.74) is 3.38. The maximum absolute atomic E-state index is 10.7. The van der Waals surface area contributed by atoms with Crippen molar-refractivity contribution in [2.45, 2.75) is 12.4 Å². The van der Waals surface area contributed by atoms with Crippen LogP contribution in [0.15, 0.2) is 42.6 Å². The van der Waals surface area contributed by atoms with E-state index in [0.29, 0.717) is 5.69 Å². The van der Waals surface area contributed by atoms with Gasteiger partial charge in [0.2, 0.25) is 0 Å². The molecular weight excluding hydrogens is 250 g/mol. The van der Waals surface area contributed by atoms with Gasteiger partial charge in [-0.1, -0.05) is 30.3 Å². The third-order valence-electron chi connectivity index (χ3n) is 2.56. The molecule has 0 radical (unpaired) electrons. The summed E-state index contributed by atoms with van der Waals surface area (Å²) in [5, 5.41) is 8.90. The second kappa shape index (κ2) is 5.86. The van der Waals surface area contributed by atoms with Crippen molar-refractivity contribution in [1.82, 2.24) is 4.98 Å². The molecule has 4 nitrogen and oxygen atoms in total. The van der Waals surface area contributed by atoms with E-state index in [4.69, 9.17) is 9.66 Å². The van der Waals surface area contributed by atoms with Crippen LogP contribution in [0.4, 0.5) is 0 Å². The minimum absolute atomic E-state index is 0.0679. The molecule has 1 aromatic carbocycles. The predicted octanol–water partition coefficient (Wildman–Crippen LogP) is 1.96. The summed E-state index contributed by atoms with van der Waals surface area (Å²) in [6, 6.07) is 11.1. The molecule has 0 bridgehead atoms. The summed E-state index contributed by atoms with van der Waals surface area (Å²) < 4.78 is 19.5. The summed E-state index contributed by atoms with van der Waals surface area (Å²) in [5.74, 6) is 0.141. The van der Waals surface area contributed by atoms with Gasteiger partial charge in [-0.05, 0) is 17.2 Å². The first-order valence-corrected chi connectivity index (χ1v) is 6.69. The lowest BCUT2D eigenvalue weighted by molar-refractivity contribution is 0.277. The Morgan fingerprint density at radius 2 is 1.72 bits per heavy atom. The molecule has 1 atom stereocenters. The lowest BCUT2D eigenvalue weighted by Crippen LogP contribution is -1.93. The number of aromatic nitrogens is 1. The fourth-order valence-corrected chi connectivity index (χ4v) is 2.10. The highest BCUT2D eigenvalue weighted by atomic mass is 32.2. The molecule has 2 rings (SSSR count). The van der Waals surface area contributed by atoms with Crippen molar-refractivity contribution in [3.05, 3.63) is 53.9 Å². The highest BCUT2D eigenvalue weighted by Crippen LogP contribution is 2.19. The first kappa shape index (κ1) is 12.9. The van der Waals surface area contributed by atoms with Gasteiger partial charge in [0, 0.05) is 11.8 Å². The summed E-state index contributed by atoms with van der Waals surface area (Å²) in [7, 11) is 0. The monoisotopic (exact) mass is 263 g/mol. The molecule has 0 spiro atoms. The van der Waals surface area contributed by atoms with Crippen molar-refractivity contribution in [1.29, 1.82) is 0 Å². The van der Waals surface area contributed by atoms with Gasteiger partial charge in [-0.25, -0.2) is 4.21 Å². The van der Waals surface area contributed by atoms with Gasteiger partial charge in [0.25, 0.3) is 0 Å². The summed E-state index contributed by atoms with van der Waals surface area (Å²) in [4.78, 5) is 4.11. The Kier molecular flexibility index (Phi) is 4.19. The third-order valence-corrected chi connectivity index (χ3v) is 3.14. The van der Waals surface area contributed by atoms with Gasteiger partial charge in [0.1, 0.15) is 0 Å². The second-order valence-corrected chi connectivity index (χ2v) is 4.79. The zero-order chi connectivity index (χ0) is 13.0. The Hall–Kier alpha value is -1.56. The molecule has 94 valence electrons. The smallest absolute Gasteiger partial charge is 0.157 e. The molecule has 0 aliphatic rings. The third kappa shape index (κ3) is 3.22. The van der Waals surface area contributed by atoms with Crippen LogP contribution in [0, 0.1) is 0 Å². The zero-order valence-electron chi connectivity index (χ0n) is 9.61. The van der Waals surface area contributed by atoms with E-state index in [9.17, 15) is 4.21 Å². The van der Waals surface area contributed by atoms with Crippen molar-refractivity contribution >= 4 is 11.1 Å². The molecule has 18 heavy (non-hydrogen) atoms. The number of rotatable bonds is 4. The number of hydrogen-bond donors (Lipinski definition) is 2. The van der Waals surface area contributed by atoms with E-state index in [1.54, 1.807) is 12.3 Å². The van der Waals surface area contributed by atoms with Crippen LogP contribution in [0.1, 0.15) is 11.3 Å². The summed E-state index contributed by atoms with van der Waals surface area (Å²) in [6.07, 6.45) is 1.70. The maximum atomic E-state index is 10.7. The Labute approximate surface area is 108 Å². The van der Waals surface area contributed by atoms with E-state index in [1.807, 2.05) is 30.3 Å². The van der Waals surface area contributed by atoms with Gasteiger partial charge in [-0.2, -0.15) is 0 Å². The average Bonchev–Trinajstić information content (AvgIpc) is 2.39. The van der Waals surface area contributed by atoms with Crippen molar-refractivity contribution in [3.63, 3.8) is 0 Å². The predicted molar refractivity (Wildman–Crippen MR) is 70.1 cm³/mol. The first-order valence-electron chi connectivity index (χ1n) is 5.41. The van der Waals surface area contributed by atoms with E-state index in [1.165, 1.54) is 0 Å². The molecule has 1 heterocycles. The number of pyridine rings is 1. The Balaban J connectivity index is 2.20. The van der Waals surface area contributed by atoms with Crippen molar-refractivity contribution in [2.75, 3.05) is 0 Å². The molecule has 0 aliphatic heterocycles. The minimum atomic E-state index is -1.81. The molecule has 0 fully saturated rings. The zero-order valence-corrected chi connectivity index (χ0v) is 10.4. The lowest BCUT2D eigenvalue weighted by Gasteiger charge is -2.04. The second-order valence-electron chi connectivity index (χ2n) is 3.86. The normalized spacial score (nSPS) is 12.3. The largest absolute Gasteiger partial charge is 0.390 e. The highest BCUT2D eigenvalue weighted by molar-refractivity contribution is 7.78. The molecule has 1 aromatic heterocycles. The number of benzene rings is 1. The summed E-state index contributed by atoms with van der Waals surface area (Å²) >= 11 is -1.81. The van der Waals surface area contributed by atoms with E-state index in [-0.39, 0.29) is 12.4 Å². The topological polar surface area (TPSA) is 70.4 Å². The fourth-order valence-electron chi connectivity index (χ4n) is 1.62. The van der Waals surface area contributed by atoms with E-state index >= 15 is 0 Å². The van der Waals surface area contributed by atoms with Gasteiger partial charge >= 0.3 is 0 Å². The molecule has 2 aromatic rings. The van der Waals surface area contributed by atoms with Gasteiger partial charge in [0.15, 0.2) is 11.1 Å². The SMILES string of the molecule is O=S(O)Cc1ccc(-c2ccc(CO)nc2)cc1. The number of aliphatic hydroxyl groups is 1. The molecule has 1 unspecified atom stereocenters. The molecule has 0 amide bonds. The van der Waals surface area contributed by atoms with Crippen molar-refractivity contribution in [2.24, 2.45) is 0 Å². The highest BCUT2D eigenvalue weighted by Gasteiger charge is 2.01. The van der Waals surface area contributed by atoms with Crippen LogP contribution < -0.4 is 0 Å². The molecule has 2 N–H and O–H groups in total. The van der Waals surface area contributed by atoms with Crippen LogP contribution in [0.3, 0.4) is 0 Å². The van der Waals surface area contributed by atoms with Gasteiger partial charge in [-0.3, -0.25) is 4.98 Å². The molecule has 0 saturated heterocycles. The standard InChI is InChI=1S/C13H13NO3S/c15-8-13-6-5-12(7-14-13)11-3-1-10(2-4-11)9-18(16)17/h1-7,15H,8-9H2,(H,16,17). The average molecular weight is 263 g/mol. The van der Waals surface area contributed by atoms with Crippen LogP contribution in [0.5, 0.6) is 0 Å². The van der Waals surface area contributed by atoms with E-state index < -0.39 is 11.1 Å². The number of nitrogens with zero attached hydrogens (tertiary/aromatic N) is 1. The fraction of sp³-hybridized carbons (Fsp3) is 0.154. The Morgan fingerprint density at radius 1 is 1.06 bits per heavy atom. The van der Waals surface area contributed by atoms with Gasteiger partial charge in [-0.15, -0.1) is 0 Å². The Morgan fingerprint density at radius 3 is 2.22 bits per heavy atom. The molecular formula is C13H13NO3S. The van der Waals surface area contributed by atoms with Crippen LogP contribution in [-0.2, 0) is 23.4 Å². The quantitative estimate of drug-likeness (QED) is 0.827. The molecule has 0 aliphatic carbocycles. The van der Waals surface area contributed by atoms with Crippen LogP contribution in [0.2, 0.25) is 0 Å². The van der Waals surface area contributed by atoms with Crippen LogP contribution in [0.25, 0.3) is 11.1 Å². The van der Waals surface area contributed by atoms with Gasteiger partial charge in [0.05, 0.1) is 18.1 Å². The van der Waals surface area contributed by atoms with Crippen LogP contribution in [-0.4, -0.2) is 18.9 Å². The van der Waals surface area contributed by atoms with Crippen LogP contribution >= 0.6 is 0 Å². The number of aliphatic hydroxyl groups excluding tert-OH is 1. The van der Waals surface area contributed by atoms with E-state index in [0.717, 1.165) is 16.7 Å². The van der Waals surface area contributed by atoms with Crippen molar-refractivity contribution < 1.29 is 13.9 Å². The van der Waals surface area contributed by atoms with Crippen molar-refractivity contribution in [3.8, 4) is 11.1 Å². The first-order chi connectivity index (χ1) is 8.69. The summed E-state index contributed by atoms with van der Waals surface area (Å²) in [6.45, 7) is -0.0679. The minimum Gasteiger partial charge on any atom is -0.390 e.